The van der Waals surface area contributed by atoms with Gasteiger partial charge in [0.25, 0.3) is 0 Å². The Morgan fingerprint density at radius 1 is 1.36 bits per heavy atom. The fraction of sp³-hybridized carbons (Fsp3) is 0.500. The number of rotatable bonds is 3. The Balaban J connectivity index is 4.72. The van der Waals surface area contributed by atoms with E-state index < -0.39 is 12.1 Å². The second-order valence-electron chi connectivity index (χ2n) is 2.39. The third kappa shape index (κ3) is 3.79. The van der Waals surface area contributed by atoms with Gasteiger partial charge in [-0.3, -0.25) is 0 Å². The molecule has 0 atom stereocenters. The van der Waals surface area contributed by atoms with E-state index in [0.717, 1.165) is 0 Å². The quantitative estimate of drug-likeness (QED) is 0.557. The second kappa shape index (κ2) is 5.85. The van der Waals surface area contributed by atoms with Gasteiger partial charge in [-0.2, -0.15) is 0 Å². The largest absolute Gasteiger partial charge is 0.478 e. The van der Waals surface area contributed by atoms with Crippen molar-refractivity contribution in [2.45, 2.75) is 20.3 Å². The van der Waals surface area contributed by atoms with Gasteiger partial charge in [0.1, 0.15) is 0 Å². The monoisotopic (exact) mass is 200 g/mol. The summed E-state index contributed by atoms with van der Waals surface area (Å²) < 4.78 is 4.21. The standard InChI is InChI=1S/C8H12N2O4/c1-4-6(7(11)12)5(2)9-10-8(13)14-3/h4H2,1-3H3,(H,11,12)/b6-5-,10-9?. The smallest absolute Gasteiger partial charge is 0.452 e. The van der Waals surface area contributed by atoms with Crippen molar-refractivity contribution in [3.63, 3.8) is 0 Å². The summed E-state index contributed by atoms with van der Waals surface area (Å²) in [7, 11) is 1.17. The summed E-state index contributed by atoms with van der Waals surface area (Å²) in [6, 6.07) is 0. The molecule has 0 unspecified atom stereocenters. The molecule has 0 heterocycles. The normalized spacial score (nSPS) is 12.5. The van der Waals surface area contributed by atoms with Gasteiger partial charge >= 0.3 is 12.1 Å². The summed E-state index contributed by atoms with van der Waals surface area (Å²) in [6.07, 6.45) is -0.536. The van der Waals surface area contributed by atoms with Crippen molar-refractivity contribution in [3.8, 4) is 0 Å². The molecule has 6 nitrogen and oxygen atoms in total. The molecule has 0 aliphatic heterocycles. The summed E-state index contributed by atoms with van der Waals surface area (Å²) in [5.41, 5.74) is 0.322. The van der Waals surface area contributed by atoms with Crippen LogP contribution < -0.4 is 0 Å². The first-order valence-corrected chi connectivity index (χ1v) is 3.95. The Morgan fingerprint density at radius 3 is 2.29 bits per heavy atom. The van der Waals surface area contributed by atoms with Crippen LogP contribution in [0.4, 0.5) is 4.79 Å². The number of methoxy groups -OCH3 is 1. The first kappa shape index (κ1) is 12.3. The molecule has 0 bridgehead atoms. The maximum absolute atomic E-state index is 10.6. The Bertz CT molecular complexity index is 294. The summed E-state index contributed by atoms with van der Waals surface area (Å²) in [5.74, 6) is -1.06. The molecule has 0 aromatic heterocycles. The summed E-state index contributed by atoms with van der Waals surface area (Å²) in [5, 5.41) is 15.3. The van der Waals surface area contributed by atoms with Gasteiger partial charge in [0, 0.05) is 0 Å². The van der Waals surface area contributed by atoms with Gasteiger partial charge in [0.05, 0.1) is 18.4 Å². The number of azo groups is 1. The van der Waals surface area contributed by atoms with E-state index in [1.165, 1.54) is 14.0 Å². The molecular weight excluding hydrogens is 188 g/mol. The Hall–Kier alpha value is -1.72. The predicted octanol–water partition coefficient (Wildman–Crippen LogP) is 1.97. The number of hydrogen-bond acceptors (Lipinski definition) is 4. The number of allylic oxidation sites excluding steroid dienone is 1. The lowest BCUT2D eigenvalue weighted by atomic mass is 10.2. The zero-order valence-electron chi connectivity index (χ0n) is 8.27. The van der Waals surface area contributed by atoms with Crippen LogP contribution in [0.1, 0.15) is 20.3 Å². The highest BCUT2D eigenvalue weighted by molar-refractivity contribution is 5.87. The van der Waals surface area contributed by atoms with Crippen LogP contribution in [-0.4, -0.2) is 24.3 Å². The number of carboxylic acid groups (broad SMARTS) is 1. The van der Waals surface area contributed by atoms with E-state index in [1.807, 2.05) is 0 Å². The SMILES string of the molecule is CC/C(C(=O)O)=C(\C)N=NC(=O)OC. The number of amides is 1. The van der Waals surface area contributed by atoms with Crippen LogP contribution in [0.2, 0.25) is 0 Å². The molecule has 78 valence electrons. The lowest BCUT2D eigenvalue weighted by Crippen LogP contribution is -2.01. The number of ether oxygens (including phenoxy) is 1. The Morgan fingerprint density at radius 2 is 1.93 bits per heavy atom. The van der Waals surface area contributed by atoms with Crippen molar-refractivity contribution >= 4 is 12.1 Å². The van der Waals surface area contributed by atoms with Gasteiger partial charge in [-0.1, -0.05) is 12.0 Å². The number of aliphatic carboxylic acids is 1. The number of nitrogens with zero attached hydrogens (tertiary/aromatic N) is 2. The topological polar surface area (TPSA) is 88.3 Å². The lowest BCUT2D eigenvalue weighted by Gasteiger charge is -1.98. The van der Waals surface area contributed by atoms with Crippen LogP contribution in [0.15, 0.2) is 21.5 Å². The fourth-order valence-corrected chi connectivity index (χ4v) is 0.779. The van der Waals surface area contributed by atoms with E-state index >= 15 is 0 Å². The molecule has 6 heteroatoms. The molecule has 0 radical (unpaired) electrons. The number of hydrogen-bond donors (Lipinski definition) is 1. The number of carbonyl (C=O) groups is 2. The molecule has 0 fully saturated rings. The van der Waals surface area contributed by atoms with Gasteiger partial charge in [-0.25, -0.2) is 9.59 Å². The maximum Gasteiger partial charge on any atom is 0.452 e. The molecule has 0 saturated carbocycles. The van der Waals surface area contributed by atoms with E-state index in [4.69, 9.17) is 5.11 Å². The highest BCUT2D eigenvalue weighted by atomic mass is 16.5. The Kier molecular flexibility index (Phi) is 5.13. The molecule has 0 aromatic rings. The summed E-state index contributed by atoms with van der Waals surface area (Å²) >= 11 is 0. The molecule has 0 aromatic carbocycles. The van der Waals surface area contributed by atoms with Crippen LogP contribution in [0.3, 0.4) is 0 Å². The average molecular weight is 200 g/mol. The zero-order chi connectivity index (χ0) is 11.1. The van der Waals surface area contributed by atoms with Crippen molar-refractivity contribution in [3.05, 3.63) is 11.3 Å². The molecular formula is C8H12N2O4. The molecule has 0 aliphatic rings. The predicted molar refractivity (Wildman–Crippen MR) is 47.9 cm³/mol. The van der Waals surface area contributed by atoms with E-state index in [1.54, 1.807) is 6.92 Å². The maximum atomic E-state index is 10.6. The third-order valence-electron chi connectivity index (χ3n) is 1.50. The van der Waals surface area contributed by atoms with Crippen molar-refractivity contribution in [1.82, 2.24) is 0 Å². The van der Waals surface area contributed by atoms with Crippen molar-refractivity contribution in [2.75, 3.05) is 7.11 Å². The van der Waals surface area contributed by atoms with E-state index in [9.17, 15) is 9.59 Å². The minimum atomic E-state index is -1.06. The van der Waals surface area contributed by atoms with E-state index in [2.05, 4.69) is 15.0 Å². The zero-order valence-corrected chi connectivity index (χ0v) is 8.27. The van der Waals surface area contributed by atoms with Crippen molar-refractivity contribution in [2.24, 2.45) is 10.2 Å². The minimum Gasteiger partial charge on any atom is -0.478 e. The van der Waals surface area contributed by atoms with Crippen molar-refractivity contribution < 1.29 is 19.4 Å². The molecule has 0 spiro atoms. The number of carbonyl (C=O) groups excluding carboxylic acids is 1. The van der Waals surface area contributed by atoms with E-state index in [-0.39, 0.29) is 11.3 Å². The van der Waals surface area contributed by atoms with Gasteiger partial charge in [-0.05, 0) is 13.3 Å². The van der Waals surface area contributed by atoms with E-state index in [0.29, 0.717) is 6.42 Å². The first-order valence-electron chi connectivity index (χ1n) is 3.95. The molecule has 0 rings (SSSR count). The van der Waals surface area contributed by atoms with Crippen LogP contribution in [0.5, 0.6) is 0 Å². The fourth-order valence-electron chi connectivity index (χ4n) is 0.779. The highest BCUT2D eigenvalue weighted by Gasteiger charge is 2.08. The van der Waals surface area contributed by atoms with Crippen LogP contribution >= 0.6 is 0 Å². The lowest BCUT2D eigenvalue weighted by molar-refractivity contribution is -0.132. The molecule has 14 heavy (non-hydrogen) atoms. The van der Waals surface area contributed by atoms with Gasteiger partial charge in [0.2, 0.25) is 0 Å². The van der Waals surface area contributed by atoms with Crippen molar-refractivity contribution in [1.29, 1.82) is 0 Å². The molecule has 1 N–H and O–H groups in total. The molecule has 1 amide bonds. The first-order chi connectivity index (χ1) is 6.52. The van der Waals surface area contributed by atoms with Gasteiger partial charge in [0.15, 0.2) is 0 Å². The van der Waals surface area contributed by atoms with Gasteiger partial charge in [-0.15, -0.1) is 5.11 Å². The average Bonchev–Trinajstić information content (AvgIpc) is 2.14. The Labute approximate surface area is 81.3 Å². The third-order valence-corrected chi connectivity index (χ3v) is 1.50. The molecule has 0 aliphatic carbocycles. The van der Waals surface area contributed by atoms with Crippen LogP contribution in [0.25, 0.3) is 0 Å². The highest BCUT2D eigenvalue weighted by Crippen LogP contribution is 2.10. The van der Waals surface area contributed by atoms with Crippen LogP contribution in [0, 0.1) is 0 Å². The minimum absolute atomic E-state index is 0.123. The summed E-state index contributed by atoms with van der Waals surface area (Å²) in [4.78, 5) is 21.2. The molecule has 0 saturated heterocycles. The second-order valence-corrected chi connectivity index (χ2v) is 2.39. The van der Waals surface area contributed by atoms with Gasteiger partial charge < -0.3 is 9.84 Å². The summed E-state index contributed by atoms with van der Waals surface area (Å²) in [6.45, 7) is 3.15. The van der Waals surface area contributed by atoms with Crippen LogP contribution in [-0.2, 0) is 9.53 Å². The number of carboxylic acids is 1.